The number of nitrogens with zero attached hydrogens (tertiary/aromatic N) is 14. The second-order valence-corrected chi connectivity index (χ2v) is 25.5. The Kier molecular flexibility index (Phi) is 89.1. The maximum Gasteiger partial charge on any atom is 0.335 e. The van der Waals surface area contributed by atoms with Gasteiger partial charge >= 0.3 is 29.8 Å². The average molecular weight is 1760 g/mol. The van der Waals surface area contributed by atoms with Gasteiger partial charge in [0.2, 0.25) is 5.91 Å². The van der Waals surface area contributed by atoms with Crippen LogP contribution in [0.4, 0.5) is 17.1 Å². The van der Waals surface area contributed by atoms with Gasteiger partial charge in [-0.1, -0.05) is 94.8 Å². The predicted octanol–water partition coefficient (Wildman–Crippen LogP) is 11.6. The number of imide groups is 1. The van der Waals surface area contributed by atoms with Gasteiger partial charge < -0.3 is 104 Å². The van der Waals surface area contributed by atoms with Gasteiger partial charge in [-0.3, -0.25) is 33.6 Å². The topological polar surface area (TPSA) is 624 Å². The Bertz CT molecular complexity index is 3160. The third kappa shape index (κ3) is 89.9. The van der Waals surface area contributed by atoms with Crippen molar-refractivity contribution in [2.75, 3.05) is 198 Å². The summed E-state index contributed by atoms with van der Waals surface area (Å²) in [4.78, 5) is 106. The minimum atomic E-state index is -0.759. The highest BCUT2D eigenvalue weighted by Crippen LogP contribution is 2.19. The van der Waals surface area contributed by atoms with Crippen molar-refractivity contribution in [3.05, 3.63) is 95.9 Å². The molecule has 1 heterocycles. The number of ether oxygens (including phenoxy) is 12. The first kappa shape index (κ1) is 116. The number of hydrogen-bond donors (Lipinski definition) is 8. The predicted molar refractivity (Wildman–Crippen MR) is 453 cm³/mol. The number of rotatable bonds is 73. The Morgan fingerprint density at radius 1 is 0.388 bits per heavy atom. The largest absolute Gasteiger partial charge is 0.481 e. The van der Waals surface area contributed by atoms with Gasteiger partial charge in [-0.2, -0.15) is 4.99 Å². The van der Waals surface area contributed by atoms with Crippen LogP contribution in [0.1, 0.15) is 160 Å². The van der Waals surface area contributed by atoms with Gasteiger partial charge in [0.05, 0.1) is 123 Å². The van der Waals surface area contributed by atoms with Gasteiger partial charge in [-0.05, 0) is 137 Å². The number of carbonyl (C=O) groups is 8. The lowest BCUT2D eigenvalue weighted by molar-refractivity contribution is -0.198. The van der Waals surface area contributed by atoms with Crippen LogP contribution in [0, 0.1) is 0 Å². The Morgan fingerprint density at radius 3 is 1.02 bits per heavy atom. The number of benzene rings is 2. The number of hydrogen-bond acceptors (Lipinski definition) is 30. The SMILES string of the molecule is NCCCOCCOCCCCCC(=O)O.NCCCOCCOCCCCCC(=O)O.[N-]=[N+]=NCCOCCOCCC(=O)NCCCOCCOCCCCCC(=O)O.[N-]=[N+]=NCCOCCOCCC(=O)ON1C(=O)CCC1=O.[N-]=[N+]=Nc1ccc(C(=S)NCCCOCCOCCCCCC(=O)O)cc1.[N-]=[N+]=Nc1ccc(N=C=S)cc1. The van der Waals surface area contributed by atoms with Crippen molar-refractivity contribution in [1.82, 2.24) is 15.7 Å². The van der Waals surface area contributed by atoms with Gasteiger partial charge in [0, 0.05) is 161 Å². The minimum Gasteiger partial charge on any atom is -0.481 e. The number of hydroxylamine groups is 2. The summed E-state index contributed by atoms with van der Waals surface area (Å²) in [7, 11) is 0. The molecule has 0 unspecified atom stereocenters. The molecule has 0 bridgehead atoms. The summed E-state index contributed by atoms with van der Waals surface area (Å²) in [6.07, 6.45) is 14.5. The van der Waals surface area contributed by atoms with Gasteiger partial charge in [0.25, 0.3) is 11.8 Å². The quantitative estimate of drug-likeness (QED) is 0.00580. The number of carboxylic acids is 4. The number of isothiocyanates is 1. The summed E-state index contributed by atoms with van der Waals surface area (Å²) in [5, 5.41) is 56.1. The van der Waals surface area contributed by atoms with Crippen molar-refractivity contribution in [3.63, 3.8) is 0 Å². The molecular formula is C76H126N18O25S2. The van der Waals surface area contributed by atoms with Crippen molar-refractivity contribution in [1.29, 1.82) is 0 Å². The molecule has 682 valence electrons. The molecule has 2 aromatic rings. The molecule has 43 nitrogen and oxygen atoms in total. The molecule has 0 saturated carbocycles. The number of unbranched alkanes of at least 4 members (excludes halogenated alkanes) is 8. The van der Waals surface area contributed by atoms with Crippen molar-refractivity contribution in [2.45, 2.75) is 154 Å². The zero-order valence-corrected chi connectivity index (χ0v) is 71.0. The molecule has 0 aliphatic carbocycles. The molecule has 1 fully saturated rings. The number of nitrogens with one attached hydrogen (secondary N) is 2. The van der Waals surface area contributed by atoms with Crippen LogP contribution >= 0.6 is 24.4 Å². The van der Waals surface area contributed by atoms with Crippen LogP contribution in [-0.4, -0.2) is 281 Å². The third-order valence-electron chi connectivity index (χ3n) is 14.9. The van der Waals surface area contributed by atoms with E-state index in [4.69, 9.17) is 123 Å². The number of carbonyl (C=O) groups excluding carboxylic acids is 4. The summed E-state index contributed by atoms with van der Waals surface area (Å²) < 4.78 is 63.5. The van der Waals surface area contributed by atoms with E-state index in [1.54, 1.807) is 36.4 Å². The molecule has 1 aliphatic rings. The fourth-order valence-corrected chi connectivity index (χ4v) is 9.10. The fraction of sp³-hybridized carbons (Fsp3) is 0.711. The number of nitrogens with two attached hydrogens (primary N) is 2. The van der Waals surface area contributed by atoms with E-state index in [0.717, 1.165) is 95.5 Å². The first-order chi connectivity index (χ1) is 58.8. The van der Waals surface area contributed by atoms with E-state index < -0.39 is 41.7 Å². The van der Waals surface area contributed by atoms with Crippen molar-refractivity contribution < 1.29 is 120 Å². The van der Waals surface area contributed by atoms with Crippen LogP contribution in [0.5, 0.6) is 0 Å². The zero-order valence-electron chi connectivity index (χ0n) is 69.4. The van der Waals surface area contributed by atoms with Gasteiger partial charge in [-0.25, -0.2) is 4.79 Å². The van der Waals surface area contributed by atoms with Crippen LogP contribution in [0.25, 0.3) is 41.8 Å². The van der Waals surface area contributed by atoms with E-state index in [-0.39, 0.29) is 70.6 Å². The summed E-state index contributed by atoms with van der Waals surface area (Å²) in [6, 6.07) is 13.8. The third-order valence-corrected chi connectivity index (χ3v) is 15.3. The van der Waals surface area contributed by atoms with E-state index in [1.807, 2.05) is 12.1 Å². The molecule has 10 N–H and O–H groups in total. The fourth-order valence-electron chi connectivity index (χ4n) is 8.75. The van der Waals surface area contributed by atoms with Gasteiger partial charge in [-0.15, -0.1) is 5.06 Å². The summed E-state index contributed by atoms with van der Waals surface area (Å²) in [5.41, 5.74) is 45.9. The lowest BCUT2D eigenvalue weighted by Gasteiger charge is -2.12. The van der Waals surface area contributed by atoms with E-state index in [0.29, 0.717) is 224 Å². The molecule has 0 atom stereocenters. The van der Waals surface area contributed by atoms with Crippen LogP contribution in [-0.2, 0) is 100 Å². The zero-order chi connectivity index (χ0) is 89.6. The summed E-state index contributed by atoms with van der Waals surface area (Å²) >= 11 is 9.73. The Labute approximate surface area is 716 Å². The van der Waals surface area contributed by atoms with E-state index in [9.17, 15) is 38.4 Å². The van der Waals surface area contributed by atoms with Crippen molar-refractivity contribution in [2.24, 2.45) is 36.9 Å². The smallest absolute Gasteiger partial charge is 0.335 e. The molecule has 2 aromatic carbocycles. The number of amides is 3. The number of aliphatic carboxylic acids is 4. The second-order valence-electron chi connectivity index (χ2n) is 24.9. The molecule has 0 spiro atoms. The molecule has 3 rings (SSSR count). The van der Waals surface area contributed by atoms with E-state index >= 15 is 0 Å². The number of thiocarbonyl (C=S) groups is 2. The lowest BCUT2D eigenvalue weighted by atomic mass is 10.2. The van der Waals surface area contributed by atoms with Crippen molar-refractivity contribution in [3.8, 4) is 0 Å². The Balaban J connectivity index is -0.00000141. The van der Waals surface area contributed by atoms with Crippen molar-refractivity contribution >= 4 is 99.2 Å². The highest BCUT2D eigenvalue weighted by molar-refractivity contribution is 7.80. The highest BCUT2D eigenvalue weighted by Gasteiger charge is 2.32. The molecule has 0 radical (unpaired) electrons. The lowest BCUT2D eigenvalue weighted by Crippen LogP contribution is -2.32. The number of carboxylic acid groups (broad SMARTS) is 4. The van der Waals surface area contributed by atoms with Crippen LogP contribution < -0.4 is 22.1 Å². The van der Waals surface area contributed by atoms with E-state index in [2.05, 4.69) is 77.9 Å². The first-order valence-corrected chi connectivity index (χ1v) is 40.9. The minimum absolute atomic E-state index is 0.0653. The standard InChI is InChI=1S/C18H34N4O7.C18H26N4O4S.C11H16N4O6.2C11H23NO4.C7H4N4S/c19-22-21-8-12-29-16-15-28-11-6-17(23)20-7-4-10-27-14-13-26-9-3-1-2-5-18(24)25;19-22-21-16-8-6-15(7-9-16)18(27)20-10-4-12-26-14-13-25-11-3-1-2-5-17(23)24;12-14-13-4-6-20-8-7-19-5-3-11(18)21-15-9(16)1-2-10(15)17;2*12-6-4-8-16-10-9-15-7-3-1-2-5-11(13)14;8-11-10-7-3-1-6(2-4-7)9-5-12/h1-16H2,(H,20,23)(H,24,25);6-9H,1-5,10-14H2,(H,20,27)(H,23,24);1-8H2;2*1-10,12H2,(H,13,14);1-4H. The Morgan fingerprint density at radius 2 is 0.694 bits per heavy atom. The summed E-state index contributed by atoms with van der Waals surface area (Å²) in [5.74, 6) is -4.76. The molecule has 0 aromatic heterocycles. The monoisotopic (exact) mass is 1750 g/mol. The summed E-state index contributed by atoms with van der Waals surface area (Å²) in [6.45, 7) is 15.2. The van der Waals surface area contributed by atoms with Crippen LogP contribution in [0.2, 0.25) is 0 Å². The first-order valence-electron chi connectivity index (χ1n) is 40.1. The maximum atomic E-state index is 11.6. The second kappa shape index (κ2) is 93.0. The molecule has 1 aliphatic heterocycles. The van der Waals surface area contributed by atoms with Crippen LogP contribution in [0.15, 0.2) is 74.0 Å². The molecule has 121 heavy (non-hydrogen) atoms. The Hall–Kier alpha value is -9.23. The van der Waals surface area contributed by atoms with Gasteiger partial charge in [0.15, 0.2) is 0 Å². The molecule has 3 amide bonds. The maximum absolute atomic E-state index is 11.6. The molecule has 1 saturated heterocycles. The van der Waals surface area contributed by atoms with Crippen LogP contribution in [0.3, 0.4) is 0 Å². The normalized spacial score (nSPS) is 10.8. The molecule has 45 heteroatoms. The highest BCUT2D eigenvalue weighted by atomic mass is 32.1. The number of aliphatic imine (C=N–C) groups is 1. The average Bonchev–Trinajstić information content (AvgIpc) is 1.80. The molecular weight excluding hydrogens is 1630 g/mol. The van der Waals surface area contributed by atoms with E-state index in [1.165, 1.54) is 0 Å². The number of azide groups is 4. The van der Waals surface area contributed by atoms with Gasteiger partial charge in [0.1, 0.15) is 4.99 Å².